The van der Waals surface area contributed by atoms with Crippen LogP contribution in [0.15, 0.2) is 18.2 Å². The van der Waals surface area contributed by atoms with Gasteiger partial charge in [0.25, 0.3) is 5.91 Å². The van der Waals surface area contributed by atoms with Crippen LogP contribution < -0.4 is 20.9 Å². The first-order valence-corrected chi connectivity index (χ1v) is 13.8. The maximum atomic E-state index is 12.4. The summed E-state index contributed by atoms with van der Waals surface area (Å²) in [4.78, 5) is 30.6. The number of hydrogen-bond acceptors (Lipinski definition) is 6. The number of carbonyl (C=O) groups is 2. The van der Waals surface area contributed by atoms with E-state index in [0.717, 1.165) is 36.1 Å². The molecule has 1 aromatic heterocycles. The number of anilines is 1. The van der Waals surface area contributed by atoms with Crippen molar-refractivity contribution in [3.63, 3.8) is 0 Å². The molecule has 0 spiro atoms. The molecule has 35 heavy (non-hydrogen) atoms. The molecule has 0 fully saturated rings. The Morgan fingerprint density at radius 3 is 2.40 bits per heavy atom. The van der Waals surface area contributed by atoms with Gasteiger partial charge in [0.15, 0.2) is 11.7 Å². The van der Waals surface area contributed by atoms with Gasteiger partial charge >= 0.3 is 0 Å². The van der Waals surface area contributed by atoms with Crippen LogP contribution in [0.5, 0.6) is 5.75 Å². The second-order valence-corrected chi connectivity index (χ2v) is 10.7. The lowest BCUT2D eigenvalue weighted by molar-refractivity contribution is -0.124. The lowest BCUT2D eigenvalue weighted by atomic mass is 10.0. The number of carbonyl (C=O) groups excluding carboxylic acids is 2. The van der Waals surface area contributed by atoms with Gasteiger partial charge in [0.2, 0.25) is 5.91 Å². The molecular formula is C27H40N4O3S. The molecule has 2 amide bonds. The van der Waals surface area contributed by atoms with E-state index in [2.05, 4.69) is 30.0 Å². The molecule has 0 bridgehead atoms. The van der Waals surface area contributed by atoms with Gasteiger partial charge in [-0.2, -0.15) is 0 Å². The highest BCUT2D eigenvalue weighted by Crippen LogP contribution is 2.28. The van der Waals surface area contributed by atoms with E-state index >= 15 is 0 Å². The molecular weight excluding hydrogens is 460 g/mol. The smallest absolute Gasteiger partial charge is 0.271 e. The van der Waals surface area contributed by atoms with Crippen LogP contribution in [0.1, 0.15) is 92.8 Å². The fourth-order valence-electron chi connectivity index (χ4n) is 4.28. The highest BCUT2D eigenvalue weighted by molar-refractivity contribution is 7.15. The Labute approximate surface area is 213 Å². The van der Waals surface area contributed by atoms with Crippen molar-refractivity contribution in [1.29, 1.82) is 0 Å². The first kappa shape index (κ1) is 27.1. The van der Waals surface area contributed by atoms with Crippen LogP contribution in [0, 0.1) is 6.92 Å². The Morgan fingerprint density at radius 2 is 1.69 bits per heavy atom. The maximum absolute atomic E-state index is 12.4. The number of fused-ring (bicyclic) bond motifs is 1. The topological polar surface area (TPSA) is 92.4 Å². The van der Waals surface area contributed by atoms with Crippen molar-refractivity contribution < 1.29 is 14.3 Å². The molecule has 1 heterocycles. The Hall–Kier alpha value is -2.45. The van der Waals surface area contributed by atoms with E-state index in [-0.39, 0.29) is 25.0 Å². The molecule has 8 heteroatoms. The molecule has 0 unspecified atom stereocenters. The molecule has 1 aliphatic rings. The second-order valence-electron chi connectivity index (χ2n) is 9.65. The number of rotatable bonds is 8. The molecule has 2 aromatic rings. The molecule has 3 rings (SSSR count). The standard InChI is InChI=1S/C27H40N4O3S/c1-19(2)21-15-14-20(3)16-23(21)34-18-26(33)31-28-17-25(32)30-27-29-22-12-10-8-6-4-5-7-9-11-13-24(22)35-27/h14-16,19,28H,4-13,17-18H2,1-3H3,(H,31,33)(H,29,30,32). The van der Waals surface area contributed by atoms with E-state index < -0.39 is 0 Å². The number of aromatic nitrogens is 1. The Bertz CT molecular complexity index is 944. The number of aryl methyl sites for hydroxylation is 3. The summed E-state index contributed by atoms with van der Waals surface area (Å²) in [5, 5.41) is 3.52. The van der Waals surface area contributed by atoms with Gasteiger partial charge in [0, 0.05) is 4.88 Å². The van der Waals surface area contributed by atoms with Gasteiger partial charge in [0.05, 0.1) is 12.2 Å². The first-order chi connectivity index (χ1) is 16.9. The summed E-state index contributed by atoms with van der Waals surface area (Å²) in [6, 6.07) is 6.01. The van der Waals surface area contributed by atoms with Gasteiger partial charge in [-0.05, 0) is 55.7 Å². The molecule has 0 saturated heterocycles. The summed E-state index contributed by atoms with van der Waals surface area (Å²) in [6.07, 6.45) is 12.2. The van der Waals surface area contributed by atoms with Crippen molar-refractivity contribution >= 4 is 28.3 Å². The normalized spacial score (nSPS) is 15.0. The molecule has 0 atom stereocenters. The highest BCUT2D eigenvalue weighted by Gasteiger charge is 2.14. The van der Waals surface area contributed by atoms with Crippen molar-refractivity contribution in [1.82, 2.24) is 15.8 Å². The van der Waals surface area contributed by atoms with Gasteiger partial charge in [-0.25, -0.2) is 10.4 Å². The molecule has 3 N–H and O–H groups in total. The number of thiazole rings is 1. The lowest BCUT2D eigenvalue weighted by Crippen LogP contribution is -2.44. The summed E-state index contributed by atoms with van der Waals surface area (Å²) in [5.74, 6) is 0.426. The average molecular weight is 501 g/mol. The van der Waals surface area contributed by atoms with Crippen molar-refractivity contribution in [3.05, 3.63) is 39.9 Å². The molecule has 0 radical (unpaired) electrons. The van der Waals surface area contributed by atoms with Gasteiger partial charge in [-0.15, -0.1) is 11.3 Å². The SMILES string of the molecule is Cc1ccc(C(C)C)c(OCC(=O)NNCC(=O)Nc2nc3c(s2)CCCCCCCCCC3)c1. The van der Waals surface area contributed by atoms with Crippen molar-refractivity contribution in [2.75, 3.05) is 18.5 Å². The second kappa shape index (κ2) is 14.2. The highest BCUT2D eigenvalue weighted by atomic mass is 32.1. The minimum atomic E-state index is -0.342. The van der Waals surface area contributed by atoms with Gasteiger partial charge in [0.1, 0.15) is 5.75 Å². The monoisotopic (exact) mass is 500 g/mol. The largest absolute Gasteiger partial charge is 0.483 e. The van der Waals surface area contributed by atoms with E-state index in [0.29, 0.717) is 16.8 Å². The summed E-state index contributed by atoms with van der Waals surface area (Å²) in [7, 11) is 0. The van der Waals surface area contributed by atoms with Crippen LogP contribution in [0.3, 0.4) is 0 Å². The fourth-order valence-corrected chi connectivity index (χ4v) is 5.34. The summed E-state index contributed by atoms with van der Waals surface area (Å²) >= 11 is 1.59. The third-order valence-corrected chi connectivity index (χ3v) is 7.29. The fraction of sp³-hybridized carbons (Fsp3) is 0.593. The van der Waals surface area contributed by atoms with E-state index in [9.17, 15) is 9.59 Å². The summed E-state index contributed by atoms with van der Waals surface area (Å²) in [5.41, 5.74) is 8.50. The molecule has 1 aromatic carbocycles. The third-order valence-electron chi connectivity index (χ3n) is 6.22. The number of benzene rings is 1. The van der Waals surface area contributed by atoms with E-state index in [1.165, 1.54) is 49.8 Å². The zero-order chi connectivity index (χ0) is 25.0. The predicted molar refractivity (Wildman–Crippen MR) is 142 cm³/mol. The van der Waals surface area contributed by atoms with Crippen LogP contribution in [0.4, 0.5) is 5.13 Å². The first-order valence-electron chi connectivity index (χ1n) is 13.0. The number of hydrazine groups is 1. The quantitative estimate of drug-likeness (QED) is 0.420. The number of nitrogens with zero attached hydrogens (tertiary/aromatic N) is 1. The van der Waals surface area contributed by atoms with Crippen molar-refractivity contribution in [2.24, 2.45) is 0 Å². The third kappa shape index (κ3) is 9.26. The van der Waals surface area contributed by atoms with E-state index in [1.807, 2.05) is 25.1 Å². The predicted octanol–water partition coefficient (Wildman–Crippen LogP) is 5.43. The van der Waals surface area contributed by atoms with Crippen molar-refractivity contribution in [3.8, 4) is 5.75 Å². The van der Waals surface area contributed by atoms with Gasteiger partial charge in [-0.1, -0.05) is 64.5 Å². The van der Waals surface area contributed by atoms with Crippen molar-refractivity contribution in [2.45, 2.75) is 90.9 Å². The molecule has 1 aliphatic carbocycles. The zero-order valence-corrected chi connectivity index (χ0v) is 22.2. The number of nitrogens with one attached hydrogen (secondary N) is 3. The lowest BCUT2D eigenvalue weighted by Gasteiger charge is -2.15. The van der Waals surface area contributed by atoms with Crippen LogP contribution in [-0.4, -0.2) is 29.9 Å². The Balaban J connectivity index is 1.43. The average Bonchev–Trinajstić information content (AvgIpc) is 3.18. The summed E-state index contributed by atoms with van der Waals surface area (Å²) in [6.45, 7) is 6.00. The van der Waals surface area contributed by atoms with Crippen LogP contribution >= 0.6 is 11.3 Å². The maximum Gasteiger partial charge on any atom is 0.271 e. The molecule has 192 valence electrons. The van der Waals surface area contributed by atoms with Crippen LogP contribution in [0.25, 0.3) is 0 Å². The summed E-state index contributed by atoms with van der Waals surface area (Å²) < 4.78 is 5.73. The van der Waals surface area contributed by atoms with E-state index in [1.54, 1.807) is 11.3 Å². The minimum absolute atomic E-state index is 0.0440. The Kier molecular flexibility index (Phi) is 11.0. The number of ether oxygens (including phenoxy) is 1. The van der Waals surface area contributed by atoms with Crippen LogP contribution in [0.2, 0.25) is 0 Å². The zero-order valence-electron chi connectivity index (χ0n) is 21.4. The van der Waals surface area contributed by atoms with Gasteiger partial charge < -0.3 is 10.1 Å². The Morgan fingerprint density at radius 1 is 1.00 bits per heavy atom. The minimum Gasteiger partial charge on any atom is -0.483 e. The number of amides is 2. The molecule has 7 nitrogen and oxygen atoms in total. The molecule has 0 saturated carbocycles. The number of hydrogen-bond donors (Lipinski definition) is 3. The van der Waals surface area contributed by atoms with E-state index in [4.69, 9.17) is 9.72 Å². The molecule has 0 aliphatic heterocycles. The van der Waals surface area contributed by atoms with Gasteiger partial charge in [-0.3, -0.25) is 15.0 Å². The van der Waals surface area contributed by atoms with Crippen LogP contribution in [-0.2, 0) is 22.4 Å².